The maximum Gasteiger partial charge on any atom is 0.263 e. The van der Waals surface area contributed by atoms with Crippen molar-refractivity contribution in [1.29, 1.82) is 0 Å². The van der Waals surface area contributed by atoms with Gasteiger partial charge in [0.05, 0.1) is 5.39 Å². The number of amides is 1. The lowest BCUT2D eigenvalue weighted by Gasteiger charge is -2.17. The molecule has 1 aliphatic heterocycles. The predicted molar refractivity (Wildman–Crippen MR) is 130 cm³/mol. The van der Waals surface area contributed by atoms with Crippen molar-refractivity contribution in [2.24, 2.45) is 0 Å². The van der Waals surface area contributed by atoms with Crippen LogP contribution in [0.15, 0.2) is 34.2 Å². The van der Waals surface area contributed by atoms with Crippen molar-refractivity contribution < 1.29 is 9.53 Å². The zero-order chi connectivity index (χ0) is 22.1. The maximum absolute atomic E-state index is 13.4. The molecule has 0 fully saturated rings. The number of aromatic nitrogens is 2. The third kappa shape index (κ3) is 4.00. The van der Waals surface area contributed by atoms with Crippen molar-refractivity contribution in [2.45, 2.75) is 50.2 Å². The molecular formula is C24H27N3O3S2. The SMILES string of the molecule is COCCCn1c(SCCC(=O)N2CCc3ccccc32)nc2sc3c(c2c1=O)CCC3. The molecule has 0 saturated carbocycles. The maximum atomic E-state index is 13.4. The first-order valence-corrected chi connectivity index (χ1v) is 13.0. The molecule has 32 heavy (non-hydrogen) atoms. The fourth-order valence-corrected chi connectivity index (χ4v) is 6.95. The molecule has 0 bridgehead atoms. The predicted octanol–water partition coefficient (Wildman–Crippen LogP) is 4.05. The number of fused-ring (bicyclic) bond motifs is 4. The second-order valence-electron chi connectivity index (χ2n) is 8.26. The van der Waals surface area contributed by atoms with Gasteiger partial charge in [-0.25, -0.2) is 4.98 Å². The summed E-state index contributed by atoms with van der Waals surface area (Å²) in [7, 11) is 1.67. The first-order valence-electron chi connectivity index (χ1n) is 11.2. The number of para-hydroxylation sites is 1. The molecule has 0 atom stereocenters. The third-order valence-corrected chi connectivity index (χ3v) is 8.42. The Labute approximate surface area is 195 Å². The van der Waals surface area contributed by atoms with Crippen molar-refractivity contribution in [3.05, 3.63) is 50.6 Å². The van der Waals surface area contributed by atoms with Crippen LogP contribution in [-0.2, 0) is 35.3 Å². The van der Waals surface area contributed by atoms with Gasteiger partial charge in [-0.05, 0) is 49.3 Å². The van der Waals surface area contributed by atoms with Crippen LogP contribution >= 0.6 is 23.1 Å². The number of ether oxygens (including phenoxy) is 1. The van der Waals surface area contributed by atoms with Crippen molar-refractivity contribution in [1.82, 2.24) is 9.55 Å². The highest BCUT2D eigenvalue weighted by molar-refractivity contribution is 7.99. The Morgan fingerprint density at radius 3 is 3.00 bits per heavy atom. The molecule has 1 aromatic carbocycles. The minimum atomic E-state index is 0.0628. The summed E-state index contributed by atoms with van der Waals surface area (Å²) in [5.74, 6) is 0.733. The second-order valence-corrected chi connectivity index (χ2v) is 10.4. The number of thiophene rings is 1. The van der Waals surface area contributed by atoms with E-state index in [0.717, 1.165) is 54.6 Å². The number of thioether (sulfide) groups is 1. The summed E-state index contributed by atoms with van der Waals surface area (Å²) in [6.45, 7) is 1.93. The lowest BCUT2D eigenvalue weighted by molar-refractivity contribution is -0.118. The number of carbonyl (C=O) groups is 1. The number of hydrogen-bond donors (Lipinski definition) is 0. The van der Waals surface area contributed by atoms with Crippen LogP contribution in [0.2, 0.25) is 0 Å². The largest absolute Gasteiger partial charge is 0.385 e. The van der Waals surface area contributed by atoms with Crippen molar-refractivity contribution >= 4 is 44.9 Å². The van der Waals surface area contributed by atoms with Crippen LogP contribution in [0.4, 0.5) is 5.69 Å². The molecule has 0 radical (unpaired) electrons. The van der Waals surface area contributed by atoms with E-state index in [9.17, 15) is 9.59 Å². The number of anilines is 1. The zero-order valence-corrected chi connectivity index (χ0v) is 19.9. The first kappa shape index (κ1) is 21.7. The number of nitrogens with zero attached hydrogens (tertiary/aromatic N) is 3. The molecule has 0 unspecified atom stereocenters. The van der Waals surface area contributed by atoms with Crippen LogP contribution in [0.5, 0.6) is 0 Å². The normalized spacial score (nSPS) is 14.8. The van der Waals surface area contributed by atoms with Gasteiger partial charge in [0.15, 0.2) is 5.16 Å². The first-order chi connectivity index (χ1) is 15.7. The summed E-state index contributed by atoms with van der Waals surface area (Å²) in [6, 6.07) is 8.11. The van der Waals surface area contributed by atoms with Gasteiger partial charge in [-0.3, -0.25) is 14.2 Å². The van der Waals surface area contributed by atoms with Gasteiger partial charge in [-0.2, -0.15) is 0 Å². The molecular weight excluding hydrogens is 442 g/mol. The van der Waals surface area contributed by atoms with Crippen LogP contribution in [0.25, 0.3) is 10.2 Å². The van der Waals surface area contributed by atoms with Gasteiger partial charge in [0.1, 0.15) is 4.83 Å². The number of hydrogen-bond acceptors (Lipinski definition) is 6. The minimum Gasteiger partial charge on any atom is -0.385 e. The van der Waals surface area contributed by atoms with Gasteiger partial charge in [0, 0.05) is 49.5 Å². The van der Waals surface area contributed by atoms with E-state index in [-0.39, 0.29) is 11.5 Å². The number of methoxy groups -OCH3 is 1. The van der Waals surface area contributed by atoms with Gasteiger partial charge < -0.3 is 9.64 Å². The molecule has 0 spiro atoms. The zero-order valence-electron chi connectivity index (χ0n) is 18.3. The molecule has 168 valence electrons. The standard InChI is InChI=1S/C24H27N3O3S2/c1-30-14-5-12-27-23(29)21-17-7-4-9-19(17)32-22(21)25-24(27)31-15-11-20(28)26-13-10-16-6-2-3-8-18(16)26/h2-3,6,8H,4-5,7,9-15H2,1H3. The molecule has 2 aliphatic rings. The van der Waals surface area contributed by atoms with Gasteiger partial charge in [-0.1, -0.05) is 30.0 Å². The van der Waals surface area contributed by atoms with Gasteiger partial charge in [0.25, 0.3) is 5.56 Å². The molecule has 2 aromatic heterocycles. The topological polar surface area (TPSA) is 64.4 Å². The Balaban J connectivity index is 1.34. The van der Waals surface area contributed by atoms with E-state index in [4.69, 9.17) is 9.72 Å². The molecule has 3 aromatic rings. The van der Waals surface area contributed by atoms with Crippen LogP contribution in [0.1, 0.15) is 35.3 Å². The van der Waals surface area contributed by atoms with Crippen LogP contribution in [0.3, 0.4) is 0 Å². The van der Waals surface area contributed by atoms with E-state index in [1.807, 2.05) is 23.1 Å². The third-order valence-electron chi connectivity index (χ3n) is 6.26. The average Bonchev–Trinajstić information content (AvgIpc) is 3.49. The molecule has 5 rings (SSSR count). The summed E-state index contributed by atoms with van der Waals surface area (Å²) >= 11 is 3.18. The summed E-state index contributed by atoms with van der Waals surface area (Å²) < 4.78 is 7.00. The van der Waals surface area contributed by atoms with E-state index in [1.54, 1.807) is 23.0 Å². The lowest BCUT2D eigenvalue weighted by atomic mass is 10.2. The van der Waals surface area contributed by atoms with E-state index < -0.39 is 0 Å². The Bertz CT molecular complexity index is 1220. The quantitative estimate of drug-likeness (QED) is 0.283. The molecule has 6 nitrogen and oxygen atoms in total. The van der Waals surface area contributed by atoms with E-state index in [0.29, 0.717) is 30.5 Å². The number of rotatable bonds is 8. The second kappa shape index (κ2) is 9.37. The average molecular weight is 470 g/mol. The van der Waals surface area contributed by atoms with Crippen LogP contribution < -0.4 is 10.5 Å². The summed E-state index contributed by atoms with van der Waals surface area (Å²) in [4.78, 5) is 35.2. The van der Waals surface area contributed by atoms with Crippen LogP contribution in [0, 0.1) is 0 Å². The highest BCUT2D eigenvalue weighted by Crippen LogP contribution is 2.36. The van der Waals surface area contributed by atoms with E-state index in [2.05, 4.69) is 6.07 Å². The summed E-state index contributed by atoms with van der Waals surface area (Å²) in [6.07, 6.45) is 5.24. The molecule has 8 heteroatoms. The molecule has 0 N–H and O–H groups in total. The molecule has 3 heterocycles. The number of benzene rings is 1. The van der Waals surface area contributed by atoms with E-state index in [1.165, 1.54) is 27.8 Å². The summed E-state index contributed by atoms with van der Waals surface area (Å²) in [5, 5.41) is 1.53. The van der Waals surface area contributed by atoms with Gasteiger partial charge in [-0.15, -0.1) is 11.3 Å². The lowest BCUT2D eigenvalue weighted by Crippen LogP contribution is -2.29. The van der Waals surface area contributed by atoms with E-state index >= 15 is 0 Å². The number of carbonyl (C=O) groups excluding carboxylic acids is 1. The highest BCUT2D eigenvalue weighted by atomic mass is 32.2. The minimum absolute atomic E-state index is 0.0628. The highest BCUT2D eigenvalue weighted by Gasteiger charge is 2.25. The fourth-order valence-electron chi connectivity index (χ4n) is 4.69. The van der Waals surface area contributed by atoms with Crippen molar-refractivity contribution in [2.75, 3.05) is 30.9 Å². The van der Waals surface area contributed by atoms with Crippen LogP contribution in [-0.4, -0.2) is 41.5 Å². The Morgan fingerprint density at radius 2 is 2.12 bits per heavy atom. The molecule has 1 amide bonds. The Hall–Kier alpha value is -2.16. The molecule has 0 saturated heterocycles. The monoisotopic (exact) mass is 469 g/mol. The summed E-state index contributed by atoms with van der Waals surface area (Å²) in [5.41, 5.74) is 3.54. The number of aryl methyl sites for hydroxylation is 2. The fraction of sp³-hybridized carbons (Fsp3) is 0.458. The van der Waals surface area contributed by atoms with Gasteiger partial charge >= 0.3 is 0 Å². The van der Waals surface area contributed by atoms with Crippen molar-refractivity contribution in [3.63, 3.8) is 0 Å². The molecule has 1 aliphatic carbocycles. The van der Waals surface area contributed by atoms with Crippen molar-refractivity contribution in [3.8, 4) is 0 Å². The Morgan fingerprint density at radius 1 is 1.25 bits per heavy atom. The Kier molecular flexibility index (Phi) is 6.35. The van der Waals surface area contributed by atoms with Gasteiger partial charge in [0.2, 0.25) is 5.91 Å². The smallest absolute Gasteiger partial charge is 0.263 e.